The summed E-state index contributed by atoms with van der Waals surface area (Å²) in [6, 6.07) is 15.7. The maximum atomic E-state index is 11.9. The lowest BCUT2D eigenvalue weighted by molar-refractivity contribution is -0.115. The molecular formula is C16H17BrN2O. The Balaban J connectivity index is 1.82. The van der Waals surface area contributed by atoms with Crippen LogP contribution in [-0.2, 0) is 11.3 Å². The molecule has 3 nitrogen and oxygen atoms in total. The fourth-order valence-corrected chi connectivity index (χ4v) is 2.28. The maximum Gasteiger partial charge on any atom is 0.238 e. The number of hydrogen-bond acceptors (Lipinski definition) is 2. The van der Waals surface area contributed by atoms with Gasteiger partial charge in [0.15, 0.2) is 0 Å². The number of hydrogen-bond donors (Lipinski definition) is 2. The van der Waals surface area contributed by atoms with Gasteiger partial charge in [0.1, 0.15) is 0 Å². The van der Waals surface area contributed by atoms with Crippen LogP contribution >= 0.6 is 15.9 Å². The molecule has 1 amide bonds. The SMILES string of the molecule is Cc1ccccc1NC(=O)CNCc1ccccc1Br. The van der Waals surface area contributed by atoms with Crippen molar-refractivity contribution in [2.24, 2.45) is 0 Å². The summed E-state index contributed by atoms with van der Waals surface area (Å²) in [6.07, 6.45) is 0. The highest BCUT2D eigenvalue weighted by atomic mass is 79.9. The zero-order chi connectivity index (χ0) is 14.4. The number of carbonyl (C=O) groups excluding carboxylic acids is 1. The Bertz CT molecular complexity index is 599. The van der Waals surface area contributed by atoms with Gasteiger partial charge < -0.3 is 10.6 Å². The first-order chi connectivity index (χ1) is 9.66. The number of amides is 1. The molecule has 0 bridgehead atoms. The fourth-order valence-electron chi connectivity index (χ4n) is 1.86. The molecular weight excluding hydrogens is 316 g/mol. The molecule has 2 rings (SSSR count). The first kappa shape index (κ1) is 14.8. The normalized spacial score (nSPS) is 10.3. The van der Waals surface area contributed by atoms with E-state index in [4.69, 9.17) is 0 Å². The quantitative estimate of drug-likeness (QED) is 0.879. The van der Waals surface area contributed by atoms with Gasteiger partial charge in [-0.1, -0.05) is 52.3 Å². The Hall–Kier alpha value is -1.65. The Kier molecular flexibility index (Phi) is 5.32. The van der Waals surface area contributed by atoms with Crippen LogP contribution in [0.4, 0.5) is 5.69 Å². The Morgan fingerprint density at radius 3 is 2.55 bits per heavy atom. The third kappa shape index (κ3) is 4.18. The number of rotatable bonds is 5. The van der Waals surface area contributed by atoms with Crippen molar-refractivity contribution in [3.05, 3.63) is 64.1 Å². The summed E-state index contributed by atoms with van der Waals surface area (Å²) >= 11 is 3.49. The molecule has 2 aromatic carbocycles. The van der Waals surface area contributed by atoms with E-state index in [9.17, 15) is 4.79 Å². The van der Waals surface area contributed by atoms with Gasteiger partial charge in [-0.25, -0.2) is 0 Å². The fraction of sp³-hybridized carbons (Fsp3) is 0.188. The number of benzene rings is 2. The van der Waals surface area contributed by atoms with E-state index in [0.29, 0.717) is 6.54 Å². The number of para-hydroxylation sites is 1. The van der Waals surface area contributed by atoms with Gasteiger partial charge in [0.2, 0.25) is 5.91 Å². The van der Waals surface area contributed by atoms with Crippen molar-refractivity contribution < 1.29 is 4.79 Å². The number of nitrogens with one attached hydrogen (secondary N) is 2. The highest BCUT2D eigenvalue weighted by Crippen LogP contribution is 2.15. The van der Waals surface area contributed by atoms with E-state index in [0.717, 1.165) is 21.3 Å². The highest BCUT2D eigenvalue weighted by Gasteiger charge is 2.04. The van der Waals surface area contributed by atoms with Crippen molar-refractivity contribution in [2.45, 2.75) is 13.5 Å². The van der Waals surface area contributed by atoms with Gasteiger partial charge in [-0.3, -0.25) is 4.79 Å². The molecule has 0 atom stereocenters. The largest absolute Gasteiger partial charge is 0.325 e. The van der Waals surface area contributed by atoms with Crippen molar-refractivity contribution in [3.8, 4) is 0 Å². The van der Waals surface area contributed by atoms with Crippen LogP contribution in [0.5, 0.6) is 0 Å². The summed E-state index contributed by atoms with van der Waals surface area (Å²) in [7, 11) is 0. The first-order valence-corrected chi connectivity index (χ1v) is 7.26. The van der Waals surface area contributed by atoms with Crippen LogP contribution in [0.15, 0.2) is 53.0 Å². The van der Waals surface area contributed by atoms with Crippen LogP contribution in [0.1, 0.15) is 11.1 Å². The molecule has 0 aliphatic rings. The molecule has 20 heavy (non-hydrogen) atoms. The van der Waals surface area contributed by atoms with Crippen LogP contribution in [0.3, 0.4) is 0 Å². The van der Waals surface area contributed by atoms with E-state index >= 15 is 0 Å². The highest BCUT2D eigenvalue weighted by molar-refractivity contribution is 9.10. The van der Waals surface area contributed by atoms with Gasteiger partial charge in [-0.05, 0) is 30.2 Å². The smallest absolute Gasteiger partial charge is 0.238 e. The van der Waals surface area contributed by atoms with Gasteiger partial charge in [0.05, 0.1) is 6.54 Å². The molecule has 0 aliphatic heterocycles. The predicted octanol–water partition coefficient (Wildman–Crippen LogP) is 3.49. The zero-order valence-electron chi connectivity index (χ0n) is 11.3. The first-order valence-electron chi connectivity index (χ1n) is 6.46. The average Bonchev–Trinajstić information content (AvgIpc) is 2.43. The van der Waals surface area contributed by atoms with Gasteiger partial charge >= 0.3 is 0 Å². The van der Waals surface area contributed by atoms with Crippen LogP contribution < -0.4 is 10.6 Å². The van der Waals surface area contributed by atoms with Gasteiger partial charge in [-0.2, -0.15) is 0 Å². The number of anilines is 1. The second-order valence-electron chi connectivity index (χ2n) is 4.56. The molecule has 4 heteroatoms. The van der Waals surface area contributed by atoms with Crippen LogP contribution in [0.2, 0.25) is 0 Å². The van der Waals surface area contributed by atoms with Crippen LogP contribution in [-0.4, -0.2) is 12.5 Å². The zero-order valence-corrected chi connectivity index (χ0v) is 12.9. The minimum absolute atomic E-state index is 0.0358. The summed E-state index contributed by atoms with van der Waals surface area (Å²) in [4.78, 5) is 11.9. The van der Waals surface area contributed by atoms with E-state index in [1.54, 1.807) is 0 Å². The van der Waals surface area contributed by atoms with E-state index in [1.165, 1.54) is 0 Å². The molecule has 0 saturated heterocycles. The lowest BCUT2D eigenvalue weighted by Crippen LogP contribution is -2.28. The molecule has 0 heterocycles. The second kappa shape index (κ2) is 7.22. The van der Waals surface area contributed by atoms with Gasteiger partial charge in [0, 0.05) is 16.7 Å². The summed E-state index contributed by atoms with van der Waals surface area (Å²) in [5.41, 5.74) is 3.06. The van der Waals surface area contributed by atoms with E-state index in [1.807, 2.05) is 55.5 Å². The second-order valence-corrected chi connectivity index (χ2v) is 5.41. The van der Waals surface area contributed by atoms with Gasteiger partial charge in [-0.15, -0.1) is 0 Å². The Labute approximate surface area is 127 Å². The van der Waals surface area contributed by atoms with Crippen molar-refractivity contribution in [2.75, 3.05) is 11.9 Å². The maximum absolute atomic E-state index is 11.9. The molecule has 0 radical (unpaired) electrons. The average molecular weight is 333 g/mol. The number of carbonyl (C=O) groups is 1. The lowest BCUT2D eigenvalue weighted by atomic mass is 10.2. The Morgan fingerprint density at radius 2 is 1.80 bits per heavy atom. The molecule has 0 saturated carbocycles. The number of halogens is 1. The predicted molar refractivity (Wildman–Crippen MR) is 85.7 cm³/mol. The van der Waals surface area contributed by atoms with Crippen molar-refractivity contribution >= 4 is 27.5 Å². The van der Waals surface area contributed by atoms with Crippen molar-refractivity contribution in [1.82, 2.24) is 5.32 Å². The van der Waals surface area contributed by atoms with E-state index < -0.39 is 0 Å². The molecule has 0 fully saturated rings. The summed E-state index contributed by atoms with van der Waals surface area (Å²) in [5, 5.41) is 6.04. The minimum Gasteiger partial charge on any atom is -0.325 e. The van der Waals surface area contributed by atoms with Crippen LogP contribution in [0.25, 0.3) is 0 Å². The number of aryl methyl sites for hydroxylation is 1. The van der Waals surface area contributed by atoms with Crippen molar-refractivity contribution in [3.63, 3.8) is 0 Å². The molecule has 2 aromatic rings. The molecule has 104 valence electrons. The van der Waals surface area contributed by atoms with E-state index in [2.05, 4.69) is 26.6 Å². The minimum atomic E-state index is -0.0358. The summed E-state index contributed by atoms with van der Waals surface area (Å²) < 4.78 is 1.05. The molecule has 2 N–H and O–H groups in total. The molecule has 0 unspecified atom stereocenters. The Morgan fingerprint density at radius 1 is 1.10 bits per heavy atom. The third-order valence-corrected chi connectivity index (χ3v) is 3.75. The monoisotopic (exact) mass is 332 g/mol. The lowest BCUT2D eigenvalue weighted by Gasteiger charge is -2.09. The summed E-state index contributed by atoms with van der Waals surface area (Å²) in [5.74, 6) is -0.0358. The third-order valence-electron chi connectivity index (χ3n) is 2.98. The molecule has 0 aromatic heterocycles. The summed E-state index contributed by atoms with van der Waals surface area (Å²) in [6.45, 7) is 2.92. The molecule has 0 aliphatic carbocycles. The standard InChI is InChI=1S/C16H17BrN2O/c1-12-6-2-5-9-15(12)19-16(20)11-18-10-13-7-3-4-8-14(13)17/h2-9,18H,10-11H2,1H3,(H,19,20). The van der Waals surface area contributed by atoms with Crippen LogP contribution in [0, 0.1) is 6.92 Å². The van der Waals surface area contributed by atoms with Crippen molar-refractivity contribution in [1.29, 1.82) is 0 Å². The van der Waals surface area contributed by atoms with E-state index in [-0.39, 0.29) is 12.5 Å². The topological polar surface area (TPSA) is 41.1 Å². The van der Waals surface area contributed by atoms with Gasteiger partial charge in [0.25, 0.3) is 0 Å². The molecule has 0 spiro atoms.